The number of carbonyl (C=O) groups excluding carboxylic acids is 2. The van der Waals surface area contributed by atoms with Crippen LogP contribution in [0.25, 0.3) is 0 Å². The second-order valence-corrected chi connectivity index (χ2v) is 9.80. The van der Waals surface area contributed by atoms with Gasteiger partial charge in [0.1, 0.15) is 30.7 Å². The molecule has 2 amide bonds. The summed E-state index contributed by atoms with van der Waals surface area (Å²) in [6, 6.07) is 16.1. The summed E-state index contributed by atoms with van der Waals surface area (Å²) >= 11 is 0. The Labute approximate surface area is 219 Å². The molecule has 1 fully saturated rings. The van der Waals surface area contributed by atoms with Gasteiger partial charge in [0.2, 0.25) is 5.91 Å². The molecule has 0 radical (unpaired) electrons. The first kappa shape index (κ1) is 25.8. The highest BCUT2D eigenvalue weighted by molar-refractivity contribution is 6.00. The molecule has 5 rings (SSSR count). The second-order valence-electron chi connectivity index (χ2n) is 9.80. The lowest BCUT2D eigenvalue weighted by Crippen LogP contribution is -2.40. The summed E-state index contributed by atoms with van der Waals surface area (Å²) in [5.41, 5.74) is 3.58. The zero-order valence-electron chi connectivity index (χ0n) is 20.9. The largest absolute Gasteiger partial charge is 0.490 e. The molecule has 1 saturated heterocycles. The monoisotopic (exact) mass is 522 g/mol. The fourth-order valence-corrected chi connectivity index (χ4v) is 5.56. The number of hydrogen-bond acceptors (Lipinski definition) is 3. The third-order valence-electron chi connectivity index (χ3n) is 7.42. The molecule has 8 heteroatoms. The number of likely N-dealkylation sites (tertiary alicyclic amines) is 1. The Kier molecular flexibility index (Phi) is 7.67. The van der Waals surface area contributed by atoms with Crippen LogP contribution in [-0.4, -0.2) is 43.1 Å². The lowest BCUT2D eigenvalue weighted by atomic mass is 9.76. The van der Waals surface area contributed by atoms with Gasteiger partial charge in [0.15, 0.2) is 0 Å². The van der Waals surface area contributed by atoms with Crippen molar-refractivity contribution in [3.63, 3.8) is 0 Å². The molecule has 2 aliphatic heterocycles. The normalized spacial score (nSPS) is 15.8. The summed E-state index contributed by atoms with van der Waals surface area (Å²) < 4.78 is 45.6. The maximum atomic E-state index is 13.6. The van der Waals surface area contributed by atoms with Gasteiger partial charge in [-0.05, 0) is 72.7 Å². The van der Waals surface area contributed by atoms with Crippen LogP contribution in [0.1, 0.15) is 52.2 Å². The van der Waals surface area contributed by atoms with Gasteiger partial charge in [-0.25, -0.2) is 13.2 Å². The molecular weight excluding hydrogens is 493 g/mol. The summed E-state index contributed by atoms with van der Waals surface area (Å²) in [5.74, 6) is -0.421. The van der Waals surface area contributed by atoms with Gasteiger partial charge in [0, 0.05) is 42.2 Å². The average Bonchev–Trinajstić information content (AvgIpc) is 2.93. The molecule has 2 heterocycles. The first-order valence-electron chi connectivity index (χ1n) is 12.9. The Morgan fingerprint density at radius 2 is 1.55 bits per heavy atom. The fraction of sp³-hybridized carbons (Fsp3) is 0.333. The van der Waals surface area contributed by atoms with E-state index >= 15 is 0 Å². The van der Waals surface area contributed by atoms with Crippen LogP contribution in [0.3, 0.4) is 0 Å². The number of nitrogens with one attached hydrogen (secondary N) is 1. The Bertz CT molecular complexity index is 1260. The maximum Gasteiger partial charge on any atom is 0.254 e. The van der Waals surface area contributed by atoms with Crippen molar-refractivity contribution in [2.75, 3.05) is 31.7 Å². The van der Waals surface area contributed by atoms with E-state index < -0.39 is 6.67 Å². The molecule has 5 nitrogen and oxygen atoms in total. The number of alkyl halides is 1. The van der Waals surface area contributed by atoms with Gasteiger partial charge in [0.25, 0.3) is 5.91 Å². The molecule has 0 aliphatic carbocycles. The molecule has 38 heavy (non-hydrogen) atoms. The minimum Gasteiger partial charge on any atom is -0.490 e. The van der Waals surface area contributed by atoms with Gasteiger partial charge in [0.05, 0.1) is 0 Å². The Balaban J connectivity index is 1.35. The SMILES string of the molecule is O=C1CCc2c(cc(C(=O)N3CCC(C(c4ccc(F)cc4)c4ccc(F)cc4)CC3)cc2OCCF)N1. The van der Waals surface area contributed by atoms with E-state index in [0.29, 0.717) is 55.8 Å². The highest BCUT2D eigenvalue weighted by Crippen LogP contribution is 2.39. The number of benzene rings is 3. The third-order valence-corrected chi connectivity index (χ3v) is 7.42. The molecule has 0 atom stereocenters. The number of hydrogen-bond donors (Lipinski definition) is 1. The number of anilines is 1. The Morgan fingerprint density at radius 1 is 0.947 bits per heavy atom. The number of fused-ring (bicyclic) bond motifs is 1. The van der Waals surface area contributed by atoms with Crippen LogP contribution in [0, 0.1) is 17.6 Å². The van der Waals surface area contributed by atoms with E-state index in [1.807, 2.05) is 0 Å². The summed E-state index contributed by atoms with van der Waals surface area (Å²) in [6.07, 6.45) is 2.19. The van der Waals surface area contributed by atoms with Crippen molar-refractivity contribution in [1.29, 1.82) is 0 Å². The summed E-state index contributed by atoms with van der Waals surface area (Å²) in [7, 11) is 0. The molecule has 0 spiro atoms. The molecule has 2 aliphatic rings. The highest BCUT2D eigenvalue weighted by atomic mass is 19.1. The summed E-state index contributed by atoms with van der Waals surface area (Å²) in [4.78, 5) is 27.2. The average molecular weight is 523 g/mol. The van der Waals surface area contributed by atoms with Gasteiger partial charge < -0.3 is 15.0 Å². The lowest BCUT2D eigenvalue weighted by Gasteiger charge is -2.37. The minimum absolute atomic E-state index is 0.0619. The van der Waals surface area contributed by atoms with Gasteiger partial charge >= 0.3 is 0 Å². The number of carbonyl (C=O) groups is 2. The maximum absolute atomic E-state index is 13.6. The molecule has 1 N–H and O–H groups in total. The number of rotatable bonds is 7. The van der Waals surface area contributed by atoms with Gasteiger partial charge in [-0.3, -0.25) is 9.59 Å². The number of ether oxygens (including phenoxy) is 1. The van der Waals surface area contributed by atoms with Crippen molar-refractivity contribution in [3.05, 3.63) is 94.6 Å². The van der Waals surface area contributed by atoms with E-state index in [1.165, 1.54) is 24.3 Å². The molecule has 0 unspecified atom stereocenters. The number of amides is 2. The zero-order chi connectivity index (χ0) is 26.6. The van der Waals surface area contributed by atoms with E-state index in [9.17, 15) is 22.8 Å². The van der Waals surface area contributed by atoms with Crippen LogP contribution in [0.5, 0.6) is 5.75 Å². The van der Waals surface area contributed by atoms with E-state index in [1.54, 1.807) is 41.3 Å². The number of piperidine rings is 1. The van der Waals surface area contributed by atoms with Crippen molar-refractivity contribution >= 4 is 17.5 Å². The summed E-state index contributed by atoms with van der Waals surface area (Å²) in [5, 5.41) is 2.80. The van der Waals surface area contributed by atoms with E-state index in [2.05, 4.69) is 5.32 Å². The van der Waals surface area contributed by atoms with Crippen LogP contribution in [0.15, 0.2) is 60.7 Å². The van der Waals surface area contributed by atoms with Crippen LogP contribution >= 0.6 is 0 Å². The quantitative estimate of drug-likeness (QED) is 0.422. The molecule has 0 saturated carbocycles. The predicted octanol–water partition coefficient (Wildman–Crippen LogP) is 5.88. The Morgan fingerprint density at radius 3 is 2.13 bits per heavy atom. The number of nitrogens with zero attached hydrogens (tertiary/aromatic N) is 1. The lowest BCUT2D eigenvalue weighted by molar-refractivity contribution is -0.116. The molecule has 3 aromatic carbocycles. The van der Waals surface area contributed by atoms with Crippen LogP contribution in [-0.2, 0) is 11.2 Å². The fourth-order valence-electron chi connectivity index (χ4n) is 5.56. The zero-order valence-corrected chi connectivity index (χ0v) is 20.9. The number of halogens is 3. The van der Waals surface area contributed by atoms with E-state index in [-0.39, 0.29) is 41.9 Å². The van der Waals surface area contributed by atoms with Crippen molar-refractivity contribution in [2.24, 2.45) is 5.92 Å². The van der Waals surface area contributed by atoms with Crippen LogP contribution in [0.2, 0.25) is 0 Å². The van der Waals surface area contributed by atoms with Crippen molar-refractivity contribution in [1.82, 2.24) is 4.90 Å². The Hall–Kier alpha value is -3.81. The topological polar surface area (TPSA) is 58.6 Å². The van der Waals surface area contributed by atoms with Crippen LogP contribution in [0.4, 0.5) is 18.9 Å². The summed E-state index contributed by atoms with van der Waals surface area (Å²) in [6.45, 7) is 0.229. The van der Waals surface area contributed by atoms with Gasteiger partial charge in [-0.1, -0.05) is 24.3 Å². The second kappa shape index (κ2) is 11.3. The predicted molar refractivity (Wildman–Crippen MR) is 138 cm³/mol. The van der Waals surface area contributed by atoms with Crippen molar-refractivity contribution in [3.8, 4) is 5.75 Å². The van der Waals surface area contributed by atoms with Gasteiger partial charge in [-0.15, -0.1) is 0 Å². The van der Waals surface area contributed by atoms with E-state index in [4.69, 9.17) is 4.74 Å². The van der Waals surface area contributed by atoms with E-state index in [0.717, 1.165) is 16.7 Å². The minimum atomic E-state index is -0.657. The van der Waals surface area contributed by atoms with Crippen molar-refractivity contribution < 1.29 is 27.5 Å². The standard InChI is InChI=1S/C30H29F3N2O3/c31-13-16-38-27-18-22(17-26-25(27)9-10-28(36)34-26)30(37)35-14-11-21(12-15-35)29(19-1-5-23(32)6-2-19)20-3-7-24(33)8-4-20/h1-8,17-18,21,29H,9-16H2,(H,34,36). The first-order valence-corrected chi connectivity index (χ1v) is 12.9. The molecule has 0 aromatic heterocycles. The van der Waals surface area contributed by atoms with Gasteiger partial charge in [-0.2, -0.15) is 0 Å². The molecular formula is C30H29F3N2O3. The first-order chi connectivity index (χ1) is 18.4. The molecule has 0 bridgehead atoms. The molecule has 3 aromatic rings. The van der Waals surface area contributed by atoms with Crippen LogP contribution < -0.4 is 10.1 Å². The molecule has 198 valence electrons. The van der Waals surface area contributed by atoms with Crippen molar-refractivity contribution in [2.45, 2.75) is 31.6 Å². The smallest absolute Gasteiger partial charge is 0.254 e. The third kappa shape index (κ3) is 5.54. The highest BCUT2D eigenvalue weighted by Gasteiger charge is 2.32.